The fourth-order valence-corrected chi connectivity index (χ4v) is 5.28. The number of aryl methyl sites for hydroxylation is 1. The van der Waals surface area contributed by atoms with Crippen molar-refractivity contribution in [3.05, 3.63) is 89.5 Å². The van der Waals surface area contributed by atoms with Crippen LogP contribution in [0.2, 0.25) is 0 Å². The van der Waals surface area contributed by atoms with Crippen LogP contribution < -0.4 is 10.1 Å². The predicted molar refractivity (Wildman–Crippen MR) is 138 cm³/mol. The highest BCUT2D eigenvalue weighted by Crippen LogP contribution is 2.51. The summed E-state index contributed by atoms with van der Waals surface area (Å²) in [5, 5.41) is 8.31. The predicted octanol–water partition coefficient (Wildman–Crippen LogP) is 5.80. The molecule has 6 rings (SSSR count). The molecule has 0 spiro atoms. The summed E-state index contributed by atoms with van der Waals surface area (Å²) in [5.74, 6) is 0.731. The van der Waals surface area contributed by atoms with Crippen LogP contribution in [0.25, 0.3) is 21.5 Å². The van der Waals surface area contributed by atoms with Crippen molar-refractivity contribution in [1.82, 2.24) is 10.2 Å². The molecule has 1 heterocycles. The maximum absolute atomic E-state index is 13.6. The molecule has 0 aromatic heterocycles. The molecule has 4 heteroatoms. The number of likely N-dealkylation sites (tertiary alicyclic amines) is 1. The number of nitrogens with one attached hydrogen (secondary N) is 1. The van der Waals surface area contributed by atoms with Crippen molar-refractivity contribution in [3.8, 4) is 5.75 Å². The molecule has 34 heavy (non-hydrogen) atoms. The van der Waals surface area contributed by atoms with Crippen LogP contribution in [0.3, 0.4) is 0 Å². The number of fused-ring (bicyclic) bond motifs is 2. The van der Waals surface area contributed by atoms with E-state index in [0.29, 0.717) is 18.2 Å². The Labute approximate surface area is 200 Å². The average Bonchev–Trinajstić information content (AvgIpc) is 3.62. The molecule has 0 bridgehead atoms. The van der Waals surface area contributed by atoms with E-state index in [-0.39, 0.29) is 11.4 Å². The SMILES string of the molecule is Cc1ccc(OCC2CCN2C)cc1C(=O)NC1(c2c3ccccc3cc3ccccc23)CC1. The van der Waals surface area contributed by atoms with Crippen molar-refractivity contribution in [1.29, 1.82) is 0 Å². The molecule has 1 aliphatic carbocycles. The third-order valence-corrected chi connectivity index (χ3v) is 7.69. The lowest BCUT2D eigenvalue weighted by Gasteiger charge is -2.37. The summed E-state index contributed by atoms with van der Waals surface area (Å²) in [6, 6.07) is 25.6. The van der Waals surface area contributed by atoms with Gasteiger partial charge in [-0.3, -0.25) is 9.69 Å². The zero-order chi connectivity index (χ0) is 23.3. The topological polar surface area (TPSA) is 41.6 Å². The van der Waals surface area contributed by atoms with E-state index >= 15 is 0 Å². The highest BCUT2D eigenvalue weighted by atomic mass is 16.5. The minimum atomic E-state index is -0.338. The van der Waals surface area contributed by atoms with Gasteiger partial charge in [0.1, 0.15) is 12.4 Å². The number of hydrogen-bond donors (Lipinski definition) is 1. The molecule has 1 unspecified atom stereocenters. The Hall–Kier alpha value is -3.37. The van der Waals surface area contributed by atoms with Crippen molar-refractivity contribution >= 4 is 27.5 Å². The lowest BCUT2D eigenvalue weighted by atomic mass is 9.90. The third-order valence-electron chi connectivity index (χ3n) is 7.69. The summed E-state index contributed by atoms with van der Waals surface area (Å²) in [4.78, 5) is 15.9. The highest BCUT2D eigenvalue weighted by Gasteiger charge is 2.47. The molecule has 1 saturated heterocycles. The van der Waals surface area contributed by atoms with E-state index in [1.165, 1.54) is 27.1 Å². The van der Waals surface area contributed by atoms with Gasteiger partial charge in [0.05, 0.1) is 5.54 Å². The zero-order valence-corrected chi connectivity index (χ0v) is 19.8. The van der Waals surface area contributed by atoms with Gasteiger partial charge in [0, 0.05) is 11.6 Å². The zero-order valence-electron chi connectivity index (χ0n) is 19.8. The second-order valence-electron chi connectivity index (χ2n) is 9.94. The van der Waals surface area contributed by atoms with Gasteiger partial charge in [-0.2, -0.15) is 0 Å². The van der Waals surface area contributed by atoms with Crippen LogP contribution in [0.15, 0.2) is 72.8 Å². The molecule has 1 amide bonds. The molecule has 1 saturated carbocycles. The van der Waals surface area contributed by atoms with Gasteiger partial charge < -0.3 is 10.1 Å². The van der Waals surface area contributed by atoms with Crippen LogP contribution in [0.5, 0.6) is 5.75 Å². The monoisotopic (exact) mass is 450 g/mol. The van der Waals surface area contributed by atoms with Crippen LogP contribution in [-0.2, 0) is 5.54 Å². The molecule has 1 aliphatic heterocycles. The molecule has 2 aliphatic rings. The summed E-state index contributed by atoms with van der Waals surface area (Å²) < 4.78 is 6.05. The van der Waals surface area contributed by atoms with Crippen LogP contribution in [0, 0.1) is 6.92 Å². The van der Waals surface area contributed by atoms with Gasteiger partial charge in [0.25, 0.3) is 5.91 Å². The van der Waals surface area contributed by atoms with Crippen LogP contribution >= 0.6 is 0 Å². The lowest BCUT2D eigenvalue weighted by molar-refractivity contribution is 0.0767. The number of carbonyl (C=O) groups excluding carboxylic acids is 1. The molecule has 1 N–H and O–H groups in total. The summed E-state index contributed by atoms with van der Waals surface area (Å²) in [5.41, 5.74) is 2.56. The summed E-state index contributed by atoms with van der Waals surface area (Å²) in [7, 11) is 2.12. The van der Waals surface area contributed by atoms with Gasteiger partial charge in [-0.25, -0.2) is 0 Å². The maximum atomic E-state index is 13.6. The summed E-state index contributed by atoms with van der Waals surface area (Å²) in [6.07, 6.45) is 3.05. The Kier molecular flexibility index (Phi) is 5.07. The first-order valence-electron chi connectivity index (χ1n) is 12.2. The molecule has 4 aromatic rings. The third kappa shape index (κ3) is 3.63. The van der Waals surface area contributed by atoms with Gasteiger partial charge >= 0.3 is 0 Å². The van der Waals surface area contributed by atoms with Crippen molar-refractivity contribution in [3.63, 3.8) is 0 Å². The minimum absolute atomic E-state index is 0.0294. The number of benzene rings is 4. The number of carbonyl (C=O) groups is 1. The van der Waals surface area contributed by atoms with Gasteiger partial charge in [-0.15, -0.1) is 0 Å². The Morgan fingerprint density at radius 3 is 2.26 bits per heavy atom. The van der Waals surface area contributed by atoms with E-state index in [0.717, 1.165) is 37.1 Å². The number of likely N-dealkylation sites (N-methyl/N-ethyl adjacent to an activating group) is 1. The van der Waals surface area contributed by atoms with E-state index in [2.05, 4.69) is 71.9 Å². The Bertz CT molecular complexity index is 1350. The number of ether oxygens (including phenoxy) is 1. The van der Waals surface area contributed by atoms with E-state index in [1.54, 1.807) is 0 Å². The molecular weight excluding hydrogens is 420 g/mol. The van der Waals surface area contributed by atoms with Crippen molar-refractivity contribution in [2.24, 2.45) is 0 Å². The first-order chi connectivity index (χ1) is 16.5. The standard InChI is InChI=1S/C30H30N2O2/c1-20-11-12-24(34-19-23-13-16-32(23)2)18-27(20)29(33)31-30(14-15-30)28-25-9-5-3-7-21(25)17-22-8-4-6-10-26(22)28/h3-12,17-18,23H,13-16,19H2,1-2H3,(H,31,33). The normalized spacial score (nSPS) is 19.1. The van der Waals surface area contributed by atoms with Crippen LogP contribution in [-0.4, -0.2) is 37.0 Å². The molecule has 2 fully saturated rings. The van der Waals surface area contributed by atoms with Crippen LogP contribution in [0.1, 0.15) is 40.7 Å². The molecule has 1 atom stereocenters. The van der Waals surface area contributed by atoms with Crippen molar-refractivity contribution in [2.45, 2.75) is 37.8 Å². The Balaban J connectivity index is 1.33. The summed E-state index contributed by atoms with van der Waals surface area (Å²) in [6.45, 7) is 3.78. The fraction of sp³-hybridized carbons (Fsp3) is 0.300. The maximum Gasteiger partial charge on any atom is 0.252 e. The van der Waals surface area contributed by atoms with Gasteiger partial charge in [0.2, 0.25) is 0 Å². The molecule has 172 valence electrons. The van der Waals surface area contributed by atoms with Gasteiger partial charge in [-0.1, -0.05) is 54.6 Å². The fourth-order valence-electron chi connectivity index (χ4n) is 5.28. The molecular formula is C30H30N2O2. The number of nitrogens with zero attached hydrogens (tertiary/aromatic N) is 1. The first kappa shape index (κ1) is 21.2. The van der Waals surface area contributed by atoms with E-state index in [9.17, 15) is 4.79 Å². The molecule has 0 radical (unpaired) electrons. The number of rotatable bonds is 6. The van der Waals surface area contributed by atoms with Crippen molar-refractivity contribution in [2.75, 3.05) is 20.2 Å². The summed E-state index contributed by atoms with van der Waals surface area (Å²) >= 11 is 0. The van der Waals surface area contributed by atoms with Gasteiger partial charge in [-0.05, 0) is 90.6 Å². The number of hydrogen-bond acceptors (Lipinski definition) is 3. The second-order valence-corrected chi connectivity index (χ2v) is 9.94. The van der Waals surface area contributed by atoms with Gasteiger partial charge in [0.15, 0.2) is 0 Å². The average molecular weight is 451 g/mol. The highest BCUT2D eigenvalue weighted by molar-refractivity contribution is 6.05. The smallest absolute Gasteiger partial charge is 0.252 e. The number of amides is 1. The van der Waals surface area contributed by atoms with Crippen LogP contribution in [0.4, 0.5) is 0 Å². The lowest BCUT2D eigenvalue weighted by Crippen LogP contribution is -2.48. The van der Waals surface area contributed by atoms with E-state index in [4.69, 9.17) is 4.74 Å². The van der Waals surface area contributed by atoms with Crippen molar-refractivity contribution < 1.29 is 9.53 Å². The Morgan fingerprint density at radius 2 is 1.68 bits per heavy atom. The molecule has 4 nitrogen and oxygen atoms in total. The first-order valence-corrected chi connectivity index (χ1v) is 12.2. The molecule has 4 aromatic carbocycles. The van der Waals surface area contributed by atoms with E-state index < -0.39 is 0 Å². The minimum Gasteiger partial charge on any atom is -0.492 e. The quantitative estimate of drug-likeness (QED) is 0.377. The van der Waals surface area contributed by atoms with E-state index in [1.807, 2.05) is 25.1 Å². The largest absolute Gasteiger partial charge is 0.492 e. The Morgan fingerprint density at radius 1 is 1.00 bits per heavy atom. The second kappa shape index (κ2) is 8.14.